The van der Waals surface area contributed by atoms with Crippen molar-refractivity contribution in [2.75, 3.05) is 0 Å². The third-order valence-corrected chi connectivity index (χ3v) is 2.73. The third kappa shape index (κ3) is 2.20. The van der Waals surface area contributed by atoms with Crippen LogP contribution in [0.1, 0.15) is 22.9 Å². The molecular weight excluding hydrogens is 219 g/mol. The number of hydrazine groups is 1. The van der Waals surface area contributed by atoms with Crippen molar-refractivity contribution in [3.8, 4) is 0 Å². The Morgan fingerprint density at radius 2 is 2.18 bits per heavy atom. The van der Waals surface area contributed by atoms with Crippen molar-refractivity contribution in [1.82, 2.24) is 15.2 Å². The number of nitrogens with two attached hydrogens (primary N) is 1. The molecule has 0 saturated carbocycles. The summed E-state index contributed by atoms with van der Waals surface area (Å²) in [6.07, 6.45) is 1.80. The van der Waals surface area contributed by atoms with E-state index in [1.807, 2.05) is 13.1 Å². The Morgan fingerprint density at radius 3 is 2.76 bits per heavy atom. The van der Waals surface area contributed by atoms with Gasteiger partial charge in [0, 0.05) is 18.8 Å². The van der Waals surface area contributed by atoms with Crippen LogP contribution in [-0.2, 0) is 7.05 Å². The van der Waals surface area contributed by atoms with Crippen molar-refractivity contribution in [3.63, 3.8) is 0 Å². The average Bonchev–Trinajstić information content (AvgIpc) is 2.72. The zero-order valence-electron chi connectivity index (χ0n) is 9.81. The summed E-state index contributed by atoms with van der Waals surface area (Å²) in [5, 5.41) is 4.24. The lowest BCUT2D eigenvalue weighted by atomic mass is 10.0. The van der Waals surface area contributed by atoms with E-state index in [9.17, 15) is 4.39 Å². The van der Waals surface area contributed by atoms with Crippen molar-refractivity contribution in [2.45, 2.75) is 13.0 Å². The van der Waals surface area contributed by atoms with Crippen LogP contribution in [0.2, 0.25) is 0 Å². The Morgan fingerprint density at radius 1 is 1.41 bits per heavy atom. The van der Waals surface area contributed by atoms with Gasteiger partial charge in [0.15, 0.2) is 0 Å². The van der Waals surface area contributed by atoms with Gasteiger partial charge in [-0.15, -0.1) is 0 Å². The van der Waals surface area contributed by atoms with Gasteiger partial charge >= 0.3 is 0 Å². The molecule has 1 aromatic carbocycles. The van der Waals surface area contributed by atoms with Gasteiger partial charge in [0.2, 0.25) is 0 Å². The normalized spacial score (nSPS) is 12.7. The van der Waals surface area contributed by atoms with Gasteiger partial charge in [0.1, 0.15) is 5.82 Å². The predicted octanol–water partition coefficient (Wildman–Crippen LogP) is 1.42. The number of nitrogens with zero attached hydrogens (tertiary/aromatic N) is 2. The highest BCUT2D eigenvalue weighted by Gasteiger charge is 2.19. The van der Waals surface area contributed by atoms with Gasteiger partial charge < -0.3 is 0 Å². The largest absolute Gasteiger partial charge is 0.275 e. The number of halogens is 1. The first-order chi connectivity index (χ1) is 8.13. The third-order valence-electron chi connectivity index (χ3n) is 2.73. The Hall–Kier alpha value is -1.72. The van der Waals surface area contributed by atoms with E-state index >= 15 is 0 Å². The van der Waals surface area contributed by atoms with E-state index in [4.69, 9.17) is 5.84 Å². The molecule has 90 valence electrons. The molecule has 0 saturated heterocycles. The molecule has 0 radical (unpaired) electrons. The number of rotatable bonds is 3. The quantitative estimate of drug-likeness (QED) is 0.624. The van der Waals surface area contributed by atoms with Crippen molar-refractivity contribution in [3.05, 3.63) is 53.1 Å². The molecule has 0 amide bonds. The van der Waals surface area contributed by atoms with Gasteiger partial charge in [0.25, 0.3) is 0 Å². The van der Waals surface area contributed by atoms with Crippen LogP contribution in [0.5, 0.6) is 0 Å². The highest BCUT2D eigenvalue weighted by molar-refractivity contribution is 5.32. The molecule has 0 fully saturated rings. The number of hydrogen-bond donors (Lipinski definition) is 2. The smallest absolute Gasteiger partial charge is 0.131 e. The molecule has 1 unspecified atom stereocenters. The van der Waals surface area contributed by atoms with Crippen LogP contribution in [0, 0.1) is 12.7 Å². The topological polar surface area (TPSA) is 55.9 Å². The minimum Gasteiger partial charge on any atom is -0.275 e. The summed E-state index contributed by atoms with van der Waals surface area (Å²) < 4.78 is 15.7. The van der Waals surface area contributed by atoms with Crippen LogP contribution in [0.15, 0.2) is 30.5 Å². The fourth-order valence-corrected chi connectivity index (χ4v) is 1.81. The SMILES string of the molecule is Cc1cccc(C(NN)c2ccn(C)n2)c1F. The molecule has 2 rings (SSSR count). The first-order valence-corrected chi connectivity index (χ1v) is 5.34. The number of aryl methyl sites for hydroxylation is 2. The summed E-state index contributed by atoms with van der Waals surface area (Å²) >= 11 is 0. The molecule has 1 aromatic heterocycles. The van der Waals surface area contributed by atoms with Crippen molar-refractivity contribution in [1.29, 1.82) is 0 Å². The Balaban J connectivity index is 2.45. The number of nitrogens with one attached hydrogen (secondary N) is 1. The van der Waals surface area contributed by atoms with Crippen molar-refractivity contribution < 1.29 is 4.39 Å². The molecule has 0 aliphatic carbocycles. The average molecular weight is 234 g/mol. The molecule has 0 spiro atoms. The predicted molar refractivity (Wildman–Crippen MR) is 63.5 cm³/mol. The maximum absolute atomic E-state index is 14.0. The van der Waals surface area contributed by atoms with E-state index in [0.29, 0.717) is 16.8 Å². The second-order valence-electron chi connectivity index (χ2n) is 3.99. The molecule has 17 heavy (non-hydrogen) atoms. The van der Waals surface area contributed by atoms with E-state index in [0.717, 1.165) is 0 Å². The second kappa shape index (κ2) is 4.65. The molecular formula is C12H15FN4. The lowest BCUT2D eigenvalue weighted by Crippen LogP contribution is -2.30. The van der Waals surface area contributed by atoms with Gasteiger partial charge in [-0.25, -0.2) is 9.82 Å². The van der Waals surface area contributed by atoms with E-state index in [-0.39, 0.29) is 5.82 Å². The number of hydrogen-bond acceptors (Lipinski definition) is 3. The summed E-state index contributed by atoms with van der Waals surface area (Å²) in [5.41, 5.74) is 4.40. The van der Waals surface area contributed by atoms with Gasteiger partial charge in [-0.3, -0.25) is 10.5 Å². The zero-order chi connectivity index (χ0) is 12.4. The lowest BCUT2D eigenvalue weighted by Gasteiger charge is -2.15. The second-order valence-corrected chi connectivity index (χ2v) is 3.99. The highest BCUT2D eigenvalue weighted by atomic mass is 19.1. The monoisotopic (exact) mass is 234 g/mol. The highest BCUT2D eigenvalue weighted by Crippen LogP contribution is 2.23. The molecule has 3 N–H and O–H groups in total. The van der Waals surface area contributed by atoms with E-state index in [1.54, 1.807) is 36.0 Å². The molecule has 1 atom stereocenters. The zero-order valence-corrected chi connectivity index (χ0v) is 9.81. The lowest BCUT2D eigenvalue weighted by molar-refractivity contribution is 0.542. The van der Waals surface area contributed by atoms with Gasteiger partial charge in [-0.2, -0.15) is 5.10 Å². The van der Waals surface area contributed by atoms with Crippen LogP contribution in [0.25, 0.3) is 0 Å². The fraction of sp³-hybridized carbons (Fsp3) is 0.250. The van der Waals surface area contributed by atoms with Crippen LogP contribution < -0.4 is 11.3 Å². The molecule has 0 bridgehead atoms. The molecule has 5 heteroatoms. The Labute approximate surface area is 99.2 Å². The summed E-state index contributed by atoms with van der Waals surface area (Å²) in [7, 11) is 1.81. The molecule has 2 aromatic rings. The van der Waals surface area contributed by atoms with Crippen molar-refractivity contribution >= 4 is 0 Å². The summed E-state index contributed by atoms with van der Waals surface area (Å²) in [4.78, 5) is 0. The summed E-state index contributed by atoms with van der Waals surface area (Å²) in [5.74, 6) is 5.25. The number of aromatic nitrogens is 2. The van der Waals surface area contributed by atoms with Crippen LogP contribution in [0.4, 0.5) is 4.39 Å². The Kier molecular flexibility index (Phi) is 3.21. The minimum absolute atomic E-state index is 0.249. The number of benzene rings is 1. The molecule has 0 aliphatic rings. The fourth-order valence-electron chi connectivity index (χ4n) is 1.81. The summed E-state index contributed by atoms with van der Waals surface area (Å²) in [6.45, 7) is 1.73. The maximum atomic E-state index is 14.0. The Bertz CT molecular complexity index is 521. The van der Waals surface area contributed by atoms with E-state index in [2.05, 4.69) is 10.5 Å². The van der Waals surface area contributed by atoms with E-state index in [1.165, 1.54) is 0 Å². The summed E-state index contributed by atoms with van der Waals surface area (Å²) in [6, 6.07) is 6.62. The van der Waals surface area contributed by atoms with Gasteiger partial charge in [-0.05, 0) is 18.6 Å². The minimum atomic E-state index is -0.434. The van der Waals surface area contributed by atoms with Gasteiger partial charge in [0.05, 0.1) is 11.7 Å². The molecule has 4 nitrogen and oxygen atoms in total. The van der Waals surface area contributed by atoms with Crippen LogP contribution >= 0.6 is 0 Å². The standard InChI is InChI=1S/C12H15FN4/c1-8-4-3-5-9(11(8)13)12(15-14)10-6-7-17(2)16-10/h3-7,12,15H,14H2,1-2H3. The van der Waals surface area contributed by atoms with Gasteiger partial charge in [-0.1, -0.05) is 18.2 Å². The van der Waals surface area contributed by atoms with E-state index < -0.39 is 6.04 Å². The molecule has 0 aliphatic heterocycles. The maximum Gasteiger partial charge on any atom is 0.131 e. The molecule has 1 heterocycles. The first-order valence-electron chi connectivity index (χ1n) is 5.34. The first kappa shape index (κ1) is 11.8. The van der Waals surface area contributed by atoms with Crippen LogP contribution in [-0.4, -0.2) is 9.78 Å². The van der Waals surface area contributed by atoms with Crippen molar-refractivity contribution in [2.24, 2.45) is 12.9 Å². The van der Waals surface area contributed by atoms with Crippen LogP contribution in [0.3, 0.4) is 0 Å².